The van der Waals surface area contributed by atoms with Crippen LogP contribution < -0.4 is 14.5 Å². The number of anilines is 2. The smallest absolute Gasteiger partial charge is 0.208 e. The summed E-state index contributed by atoms with van der Waals surface area (Å²) in [5, 5.41) is 10.8. The Morgan fingerprint density at radius 2 is 1.82 bits per heavy atom. The van der Waals surface area contributed by atoms with Crippen LogP contribution in [-0.4, -0.2) is 43.5 Å². The predicted octanol–water partition coefficient (Wildman–Crippen LogP) is 3.00. The molecule has 6 heteroatoms. The third-order valence-electron chi connectivity index (χ3n) is 3.89. The van der Waals surface area contributed by atoms with Gasteiger partial charge in [-0.05, 0) is 12.1 Å². The highest BCUT2D eigenvalue weighted by molar-refractivity contribution is 7.15. The Hall–Kier alpha value is -1.82. The number of hydrogen-bond acceptors (Lipinski definition) is 6. The van der Waals surface area contributed by atoms with Gasteiger partial charge in [0.15, 0.2) is 0 Å². The number of nitrogens with zero attached hydrogens (tertiary/aromatic N) is 4. The Balaban J connectivity index is 1.64. The summed E-state index contributed by atoms with van der Waals surface area (Å²) in [5.74, 6) is 1.36. The van der Waals surface area contributed by atoms with Crippen LogP contribution in [0.15, 0.2) is 24.3 Å². The van der Waals surface area contributed by atoms with Gasteiger partial charge in [0.1, 0.15) is 10.8 Å². The van der Waals surface area contributed by atoms with Crippen LogP contribution in [0.25, 0.3) is 0 Å². The van der Waals surface area contributed by atoms with Gasteiger partial charge in [-0.15, -0.1) is 10.2 Å². The highest BCUT2D eigenvalue weighted by Gasteiger charge is 2.21. The molecule has 0 amide bonds. The fraction of sp³-hybridized carbons (Fsp3) is 0.500. The monoisotopic (exact) mass is 318 g/mol. The van der Waals surface area contributed by atoms with Gasteiger partial charge in [0, 0.05) is 43.9 Å². The van der Waals surface area contributed by atoms with Crippen molar-refractivity contribution < 1.29 is 4.74 Å². The van der Waals surface area contributed by atoms with Crippen molar-refractivity contribution in [2.75, 3.05) is 43.1 Å². The first-order chi connectivity index (χ1) is 10.7. The standard InChI is InChI=1S/C16H22N4OS/c1-12(2)15-17-18-16(22-15)20-9-7-19(8-10-20)13-5-4-6-14(11-13)21-3/h4-6,11-12H,7-10H2,1-3H3. The summed E-state index contributed by atoms with van der Waals surface area (Å²) in [4.78, 5) is 4.73. The molecule has 0 N–H and O–H groups in total. The summed E-state index contributed by atoms with van der Waals surface area (Å²) in [6, 6.07) is 8.26. The van der Waals surface area contributed by atoms with E-state index >= 15 is 0 Å². The zero-order valence-electron chi connectivity index (χ0n) is 13.3. The Morgan fingerprint density at radius 1 is 1.09 bits per heavy atom. The molecule has 1 aliphatic rings. The van der Waals surface area contributed by atoms with Gasteiger partial charge in [0.25, 0.3) is 0 Å². The SMILES string of the molecule is COc1cccc(N2CCN(c3nnc(C(C)C)s3)CC2)c1. The van der Waals surface area contributed by atoms with E-state index in [1.807, 2.05) is 12.1 Å². The van der Waals surface area contributed by atoms with Crippen LogP contribution in [0.2, 0.25) is 0 Å². The lowest BCUT2D eigenvalue weighted by Crippen LogP contribution is -2.46. The first-order valence-electron chi connectivity index (χ1n) is 7.64. The Bertz CT molecular complexity index is 620. The molecule has 22 heavy (non-hydrogen) atoms. The van der Waals surface area contributed by atoms with E-state index in [1.54, 1.807) is 18.4 Å². The minimum Gasteiger partial charge on any atom is -0.497 e. The van der Waals surface area contributed by atoms with Crippen LogP contribution in [0.3, 0.4) is 0 Å². The van der Waals surface area contributed by atoms with Crippen LogP contribution in [0.4, 0.5) is 10.8 Å². The summed E-state index contributed by atoms with van der Waals surface area (Å²) in [6.07, 6.45) is 0. The molecule has 1 aromatic heterocycles. The second-order valence-electron chi connectivity index (χ2n) is 5.75. The highest BCUT2D eigenvalue weighted by atomic mass is 32.1. The maximum absolute atomic E-state index is 5.31. The molecule has 0 unspecified atom stereocenters. The van der Waals surface area contributed by atoms with E-state index in [0.29, 0.717) is 5.92 Å². The van der Waals surface area contributed by atoms with Gasteiger partial charge in [-0.1, -0.05) is 31.3 Å². The molecule has 0 saturated carbocycles. The average molecular weight is 318 g/mol. The third-order valence-corrected chi connectivity index (χ3v) is 5.18. The Morgan fingerprint density at radius 3 is 2.45 bits per heavy atom. The van der Waals surface area contributed by atoms with Gasteiger partial charge in [0.2, 0.25) is 5.13 Å². The van der Waals surface area contributed by atoms with Crippen molar-refractivity contribution in [1.29, 1.82) is 0 Å². The van der Waals surface area contributed by atoms with Gasteiger partial charge >= 0.3 is 0 Å². The van der Waals surface area contributed by atoms with Crippen LogP contribution >= 0.6 is 11.3 Å². The largest absolute Gasteiger partial charge is 0.497 e. The highest BCUT2D eigenvalue weighted by Crippen LogP contribution is 2.28. The lowest BCUT2D eigenvalue weighted by atomic mass is 10.2. The number of piperazine rings is 1. The maximum Gasteiger partial charge on any atom is 0.208 e. The Labute approximate surface area is 135 Å². The van der Waals surface area contributed by atoms with Crippen molar-refractivity contribution in [2.24, 2.45) is 0 Å². The summed E-state index contributed by atoms with van der Waals surface area (Å²) < 4.78 is 5.31. The van der Waals surface area contributed by atoms with Crippen LogP contribution in [0.1, 0.15) is 24.8 Å². The van der Waals surface area contributed by atoms with E-state index in [4.69, 9.17) is 4.74 Å². The van der Waals surface area contributed by atoms with E-state index in [1.165, 1.54) is 5.69 Å². The molecule has 2 heterocycles. The van der Waals surface area contributed by atoms with Crippen molar-refractivity contribution in [3.05, 3.63) is 29.3 Å². The maximum atomic E-state index is 5.31. The molecule has 1 saturated heterocycles. The van der Waals surface area contributed by atoms with E-state index in [0.717, 1.165) is 42.1 Å². The van der Waals surface area contributed by atoms with Crippen molar-refractivity contribution in [2.45, 2.75) is 19.8 Å². The molecular formula is C16H22N4OS. The lowest BCUT2D eigenvalue weighted by molar-refractivity contribution is 0.414. The number of rotatable bonds is 4. The third kappa shape index (κ3) is 3.16. The van der Waals surface area contributed by atoms with Gasteiger partial charge in [-0.3, -0.25) is 0 Å². The van der Waals surface area contributed by atoms with E-state index in [2.05, 4.69) is 46.0 Å². The second-order valence-corrected chi connectivity index (χ2v) is 6.74. The summed E-state index contributed by atoms with van der Waals surface area (Å²) in [7, 11) is 1.71. The van der Waals surface area contributed by atoms with Gasteiger partial charge in [0.05, 0.1) is 7.11 Å². The molecule has 0 aliphatic carbocycles. The molecule has 2 aromatic rings. The number of hydrogen-bond donors (Lipinski definition) is 0. The van der Waals surface area contributed by atoms with Crippen molar-refractivity contribution >= 4 is 22.2 Å². The summed E-state index contributed by atoms with van der Waals surface area (Å²) in [6.45, 7) is 8.25. The molecule has 0 radical (unpaired) electrons. The molecule has 118 valence electrons. The normalized spacial score (nSPS) is 15.5. The number of methoxy groups -OCH3 is 1. The predicted molar refractivity (Wildman–Crippen MR) is 91.4 cm³/mol. The van der Waals surface area contributed by atoms with E-state index in [-0.39, 0.29) is 0 Å². The lowest BCUT2D eigenvalue weighted by Gasteiger charge is -2.35. The number of aromatic nitrogens is 2. The van der Waals surface area contributed by atoms with Gasteiger partial charge in [-0.25, -0.2) is 0 Å². The first-order valence-corrected chi connectivity index (χ1v) is 8.46. The van der Waals surface area contributed by atoms with Crippen LogP contribution in [-0.2, 0) is 0 Å². The molecular weight excluding hydrogens is 296 g/mol. The molecule has 0 bridgehead atoms. The molecule has 1 aliphatic heterocycles. The zero-order valence-corrected chi connectivity index (χ0v) is 14.1. The van der Waals surface area contributed by atoms with Crippen molar-refractivity contribution in [1.82, 2.24) is 10.2 Å². The number of benzene rings is 1. The molecule has 3 rings (SSSR count). The van der Waals surface area contributed by atoms with Gasteiger partial charge < -0.3 is 14.5 Å². The molecule has 0 spiro atoms. The van der Waals surface area contributed by atoms with Crippen molar-refractivity contribution in [3.63, 3.8) is 0 Å². The average Bonchev–Trinajstić information content (AvgIpc) is 3.05. The second kappa shape index (κ2) is 6.52. The molecule has 1 aromatic carbocycles. The minimum absolute atomic E-state index is 0.448. The topological polar surface area (TPSA) is 41.5 Å². The van der Waals surface area contributed by atoms with Crippen molar-refractivity contribution in [3.8, 4) is 5.75 Å². The molecule has 5 nitrogen and oxygen atoms in total. The molecule has 0 atom stereocenters. The van der Waals surface area contributed by atoms with Gasteiger partial charge in [-0.2, -0.15) is 0 Å². The first kappa shape index (κ1) is 15.1. The zero-order chi connectivity index (χ0) is 15.5. The summed E-state index contributed by atoms with van der Waals surface area (Å²) >= 11 is 1.72. The fourth-order valence-electron chi connectivity index (χ4n) is 2.55. The van der Waals surface area contributed by atoms with E-state index in [9.17, 15) is 0 Å². The van der Waals surface area contributed by atoms with Crippen LogP contribution in [0.5, 0.6) is 5.75 Å². The van der Waals surface area contributed by atoms with E-state index < -0.39 is 0 Å². The number of ether oxygens (including phenoxy) is 1. The Kier molecular flexibility index (Phi) is 4.47. The van der Waals surface area contributed by atoms with Crippen LogP contribution in [0, 0.1) is 0 Å². The minimum atomic E-state index is 0.448. The fourth-order valence-corrected chi connectivity index (χ4v) is 3.45. The molecule has 1 fully saturated rings. The summed E-state index contributed by atoms with van der Waals surface area (Å²) in [5.41, 5.74) is 1.22. The quantitative estimate of drug-likeness (QED) is 0.867.